The van der Waals surface area contributed by atoms with E-state index in [2.05, 4.69) is 5.32 Å². The van der Waals surface area contributed by atoms with Crippen LogP contribution in [0.3, 0.4) is 0 Å². The first-order valence-corrected chi connectivity index (χ1v) is 8.43. The lowest BCUT2D eigenvalue weighted by molar-refractivity contribution is -0.152. The molecule has 1 aromatic carbocycles. The number of piperidine rings is 1. The molecule has 1 heterocycles. The highest BCUT2D eigenvalue weighted by atomic mass is 35.5. The minimum Gasteiger partial charge on any atom is -0.492 e. The van der Waals surface area contributed by atoms with Crippen molar-refractivity contribution in [2.75, 3.05) is 19.7 Å². The molecule has 0 saturated carbocycles. The van der Waals surface area contributed by atoms with E-state index >= 15 is 0 Å². The van der Waals surface area contributed by atoms with Gasteiger partial charge in [0.2, 0.25) is 11.8 Å². The summed E-state index contributed by atoms with van der Waals surface area (Å²) in [4.78, 5) is 48.4. The molecule has 2 rings (SSSR count). The number of carbonyl (C=O) groups is 4. The Morgan fingerprint density at radius 2 is 2.12 bits per heavy atom. The lowest BCUT2D eigenvalue weighted by Gasteiger charge is -2.30. The van der Waals surface area contributed by atoms with Crippen LogP contribution in [0.15, 0.2) is 18.2 Å². The van der Waals surface area contributed by atoms with Crippen molar-refractivity contribution >= 4 is 35.2 Å². The molecule has 2 amide bonds. The molecule has 26 heavy (non-hydrogen) atoms. The topological polar surface area (TPSA) is 113 Å². The van der Waals surface area contributed by atoms with Crippen LogP contribution in [0, 0.1) is 5.92 Å². The summed E-state index contributed by atoms with van der Waals surface area (Å²) >= 11 is 6.13. The van der Waals surface area contributed by atoms with Crippen molar-refractivity contribution in [2.45, 2.75) is 19.9 Å². The highest BCUT2D eigenvalue weighted by Crippen LogP contribution is 2.27. The van der Waals surface area contributed by atoms with E-state index in [0.29, 0.717) is 17.4 Å². The Labute approximate surface area is 155 Å². The summed E-state index contributed by atoms with van der Waals surface area (Å²) in [6, 6.07) is 5.10. The largest absolute Gasteiger partial charge is 0.492 e. The number of carboxylic acids is 1. The fourth-order valence-electron chi connectivity index (χ4n) is 2.64. The molecule has 9 heteroatoms. The fraction of sp³-hybridized carbons (Fsp3) is 0.412. The number of hydrogen-bond donors (Lipinski definition) is 2. The van der Waals surface area contributed by atoms with Crippen molar-refractivity contribution in [1.29, 1.82) is 0 Å². The number of halogens is 1. The first-order chi connectivity index (χ1) is 12.3. The Hall–Kier alpha value is -2.61. The quantitative estimate of drug-likeness (QED) is 0.676. The molecule has 1 fully saturated rings. The number of benzene rings is 1. The normalized spacial score (nSPS) is 17.2. The molecule has 0 radical (unpaired) electrons. The molecular formula is C17H19ClN2O6. The second-order valence-electron chi connectivity index (χ2n) is 5.72. The van der Waals surface area contributed by atoms with Gasteiger partial charge in [-0.25, -0.2) is 0 Å². The van der Waals surface area contributed by atoms with Gasteiger partial charge in [-0.2, -0.15) is 0 Å². The van der Waals surface area contributed by atoms with E-state index in [1.807, 2.05) is 6.92 Å². The van der Waals surface area contributed by atoms with Gasteiger partial charge in [-0.3, -0.25) is 19.2 Å². The molecule has 1 aliphatic heterocycles. The summed E-state index contributed by atoms with van der Waals surface area (Å²) in [6.45, 7) is 2.03. The van der Waals surface area contributed by atoms with E-state index in [4.69, 9.17) is 21.4 Å². The van der Waals surface area contributed by atoms with Gasteiger partial charge in [0.15, 0.2) is 11.7 Å². The zero-order valence-corrected chi connectivity index (χ0v) is 14.9. The van der Waals surface area contributed by atoms with Gasteiger partial charge >= 0.3 is 5.97 Å². The Bertz CT molecular complexity index is 736. The van der Waals surface area contributed by atoms with Crippen molar-refractivity contribution in [1.82, 2.24) is 10.2 Å². The molecule has 1 aliphatic rings. The lowest BCUT2D eigenvalue weighted by atomic mass is 9.94. The number of rotatable bonds is 7. The average molecular weight is 383 g/mol. The first-order valence-electron chi connectivity index (χ1n) is 8.05. The first kappa shape index (κ1) is 19.7. The molecule has 2 N–H and O–H groups in total. The number of nitrogens with zero attached hydrogens (tertiary/aromatic N) is 1. The third-order valence-electron chi connectivity index (χ3n) is 3.85. The fourth-order valence-corrected chi connectivity index (χ4v) is 2.89. The molecule has 140 valence electrons. The van der Waals surface area contributed by atoms with Crippen molar-refractivity contribution in [3.8, 4) is 5.75 Å². The number of ether oxygens (including phenoxy) is 1. The molecule has 0 aromatic heterocycles. The van der Waals surface area contributed by atoms with Crippen LogP contribution in [0.5, 0.6) is 5.75 Å². The standard InChI is InChI=1S/C17H19ClN2O6/c1-2-26-13-4-3-10(7-11(13)18)9-20-6-5-12(21)15(17(20)25)16(24)19-8-14(22)23/h3-4,7,15H,2,5-6,8-9H2,1H3,(H,19,24)(H,22,23). The zero-order valence-electron chi connectivity index (χ0n) is 14.2. The summed E-state index contributed by atoms with van der Waals surface area (Å²) in [5.41, 5.74) is 0.728. The van der Waals surface area contributed by atoms with Gasteiger partial charge in [-0.15, -0.1) is 0 Å². The van der Waals surface area contributed by atoms with Crippen LogP contribution in [0.25, 0.3) is 0 Å². The van der Waals surface area contributed by atoms with E-state index in [1.54, 1.807) is 18.2 Å². The number of nitrogens with one attached hydrogen (secondary N) is 1. The van der Waals surface area contributed by atoms with Crippen LogP contribution < -0.4 is 10.1 Å². The van der Waals surface area contributed by atoms with Gasteiger partial charge in [0.05, 0.1) is 11.6 Å². The van der Waals surface area contributed by atoms with Gasteiger partial charge in [0, 0.05) is 19.5 Å². The van der Waals surface area contributed by atoms with Crippen LogP contribution in [0.1, 0.15) is 18.9 Å². The molecule has 0 aliphatic carbocycles. The van der Waals surface area contributed by atoms with Crippen LogP contribution >= 0.6 is 11.6 Å². The van der Waals surface area contributed by atoms with Crippen LogP contribution in [-0.2, 0) is 25.7 Å². The Morgan fingerprint density at radius 1 is 1.38 bits per heavy atom. The van der Waals surface area contributed by atoms with Crippen molar-refractivity contribution in [3.05, 3.63) is 28.8 Å². The van der Waals surface area contributed by atoms with E-state index in [9.17, 15) is 19.2 Å². The third kappa shape index (κ3) is 4.72. The Balaban J connectivity index is 2.09. The maximum absolute atomic E-state index is 12.5. The van der Waals surface area contributed by atoms with Crippen LogP contribution in [-0.4, -0.2) is 53.3 Å². The Morgan fingerprint density at radius 3 is 2.73 bits per heavy atom. The summed E-state index contributed by atoms with van der Waals surface area (Å²) in [6.07, 6.45) is 0.0294. The maximum atomic E-state index is 12.5. The SMILES string of the molecule is CCOc1ccc(CN2CCC(=O)C(C(=O)NCC(=O)O)C2=O)cc1Cl. The number of likely N-dealkylation sites (tertiary alicyclic amines) is 1. The van der Waals surface area contributed by atoms with E-state index in [-0.39, 0.29) is 19.5 Å². The third-order valence-corrected chi connectivity index (χ3v) is 4.15. The summed E-state index contributed by atoms with van der Waals surface area (Å²) in [5, 5.41) is 11.1. The van der Waals surface area contributed by atoms with E-state index < -0.39 is 36.0 Å². The van der Waals surface area contributed by atoms with Crippen LogP contribution in [0.4, 0.5) is 0 Å². The summed E-state index contributed by atoms with van der Waals surface area (Å²) < 4.78 is 5.35. The summed E-state index contributed by atoms with van der Waals surface area (Å²) in [5.74, 6) is -4.29. The molecule has 0 bridgehead atoms. The van der Waals surface area contributed by atoms with Gasteiger partial charge in [0.25, 0.3) is 0 Å². The van der Waals surface area contributed by atoms with Crippen LogP contribution in [0.2, 0.25) is 5.02 Å². The monoisotopic (exact) mass is 382 g/mol. The lowest BCUT2D eigenvalue weighted by Crippen LogP contribution is -2.52. The number of aliphatic carboxylic acids is 1. The molecule has 1 saturated heterocycles. The van der Waals surface area contributed by atoms with Crippen molar-refractivity contribution in [2.24, 2.45) is 5.92 Å². The molecule has 0 spiro atoms. The summed E-state index contributed by atoms with van der Waals surface area (Å²) in [7, 11) is 0. The molecular weight excluding hydrogens is 364 g/mol. The zero-order chi connectivity index (χ0) is 19.3. The number of carbonyl (C=O) groups excluding carboxylic acids is 3. The molecule has 1 unspecified atom stereocenters. The number of hydrogen-bond acceptors (Lipinski definition) is 5. The number of amides is 2. The smallest absolute Gasteiger partial charge is 0.322 e. The second kappa shape index (κ2) is 8.66. The number of Topliss-reactive ketones (excluding diaryl/α,β-unsaturated/α-hetero) is 1. The van der Waals surface area contributed by atoms with Crippen molar-refractivity contribution in [3.63, 3.8) is 0 Å². The van der Waals surface area contributed by atoms with Gasteiger partial charge in [-0.1, -0.05) is 17.7 Å². The molecule has 1 atom stereocenters. The van der Waals surface area contributed by atoms with Gasteiger partial charge in [-0.05, 0) is 24.6 Å². The van der Waals surface area contributed by atoms with E-state index in [1.165, 1.54) is 4.90 Å². The molecule has 1 aromatic rings. The number of ketones is 1. The Kier molecular flexibility index (Phi) is 6.57. The highest BCUT2D eigenvalue weighted by molar-refractivity contribution is 6.32. The predicted octanol–water partition coefficient (Wildman–Crippen LogP) is 0.857. The second-order valence-corrected chi connectivity index (χ2v) is 6.13. The maximum Gasteiger partial charge on any atom is 0.322 e. The minimum atomic E-state index is -1.51. The van der Waals surface area contributed by atoms with Gasteiger partial charge < -0.3 is 20.1 Å². The van der Waals surface area contributed by atoms with E-state index in [0.717, 1.165) is 5.56 Å². The van der Waals surface area contributed by atoms with Crippen molar-refractivity contribution < 1.29 is 29.0 Å². The average Bonchev–Trinajstić information content (AvgIpc) is 2.58. The predicted molar refractivity (Wildman–Crippen MR) is 91.8 cm³/mol. The highest BCUT2D eigenvalue weighted by Gasteiger charge is 2.40. The minimum absolute atomic E-state index is 0.0294. The molecule has 8 nitrogen and oxygen atoms in total. The number of carboxylic acid groups (broad SMARTS) is 1. The van der Waals surface area contributed by atoms with Gasteiger partial charge in [0.1, 0.15) is 12.3 Å².